The second-order valence-electron chi connectivity index (χ2n) is 8.25. The van der Waals surface area contributed by atoms with Gasteiger partial charge in [-0.25, -0.2) is 14.4 Å². The van der Waals surface area contributed by atoms with Crippen LogP contribution in [0.25, 0.3) is 0 Å². The number of hydrogen-bond donors (Lipinski definition) is 1. The molecule has 1 atom stereocenters. The third kappa shape index (κ3) is 3.47. The lowest BCUT2D eigenvalue weighted by molar-refractivity contribution is 0.0929. The van der Waals surface area contributed by atoms with Gasteiger partial charge in [0, 0.05) is 23.4 Å². The van der Waals surface area contributed by atoms with Crippen LogP contribution in [0.3, 0.4) is 0 Å². The number of aromatic nitrogens is 3. The average Bonchev–Trinajstić information content (AvgIpc) is 3.54. The number of nitrogens with one attached hydrogen (secondary N) is 1. The summed E-state index contributed by atoms with van der Waals surface area (Å²) in [6, 6.07) is 11.8. The predicted molar refractivity (Wildman–Crippen MR) is 111 cm³/mol. The smallest absolute Gasteiger partial charge is 0.252 e. The van der Waals surface area contributed by atoms with Gasteiger partial charge in [-0.05, 0) is 81.0 Å². The Bertz CT molecular complexity index is 1110. The van der Waals surface area contributed by atoms with Crippen molar-refractivity contribution in [1.82, 2.24) is 20.3 Å². The first kappa shape index (κ1) is 18.9. The molecule has 0 saturated heterocycles. The zero-order valence-electron chi connectivity index (χ0n) is 16.9. The van der Waals surface area contributed by atoms with Gasteiger partial charge in [-0.2, -0.15) is 0 Å². The topological polar surface area (TPSA) is 67.8 Å². The summed E-state index contributed by atoms with van der Waals surface area (Å²) in [5, 5.41) is 3.13. The van der Waals surface area contributed by atoms with E-state index in [0.717, 1.165) is 55.0 Å². The number of rotatable bonds is 4. The maximum Gasteiger partial charge on any atom is 0.252 e. The Hall–Kier alpha value is -3.15. The molecule has 2 aliphatic rings. The molecule has 0 aliphatic heterocycles. The van der Waals surface area contributed by atoms with Crippen LogP contribution < -0.4 is 5.32 Å². The number of carbonyl (C=O) groups excluding carboxylic acids is 1. The van der Waals surface area contributed by atoms with Crippen molar-refractivity contribution in [3.63, 3.8) is 0 Å². The maximum atomic E-state index is 13.2. The van der Waals surface area contributed by atoms with E-state index in [0.29, 0.717) is 5.56 Å². The number of nitrogens with zero attached hydrogens (tertiary/aromatic N) is 3. The van der Waals surface area contributed by atoms with Crippen LogP contribution >= 0.6 is 0 Å². The molecule has 6 heteroatoms. The molecule has 2 aliphatic carbocycles. The van der Waals surface area contributed by atoms with Crippen molar-refractivity contribution in [2.45, 2.75) is 50.5 Å². The fourth-order valence-electron chi connectivity index (χ4n) is 4.36. The molecule has 1 saturated carbocycles. The molecule has 2 heterocycles. The first-order chi connectivity index (χ1) is 14.5. The first-order valence-electron chi connectivity index (χ1n) is 10.4. The molecule has 5 rings (SSSR count). The van der Waals surface area contributed by atoms with Crippen molar-refractivity contribution in [2.24, 2.45) is 0 Å². The Kier molecular flexibility index (Phi) is 4.57. The van der Waals surface area contributed by atoms with Crippen LogP contribution in [-0.2, 0) is 12.0 Å². The van der Waals surface area contributed by atoms with Crippen molar-refractivity contribution in [2.75, 3.05) is 0 Å². The predicted octanol–water partition coefficient (Wildman–Crippen LogP) is 4.21. The lowest BCUT2D eigenvalue weighted by Gasteiger charge is -2.26. The molecule has 1 fully saturated rings. The minimum Gasteiger partial charge on any atom is -0.341 e. The summed E-state index contributed by atoms with van der Waals surface area (Å²) < 4.78 is 13.2. The van der Waals surface area contributed by atoms with E-state index >= 15 is 0 Å². The zero-order chi connectivity index (χ0) is 20.7. The van der Waals surface area contributed by atoms with E-state index in [4.69, 9.17) is 4.98 Å². The number of pyridine rings is 1. The maximum absolute atomic E-state index is 13.2. The van der Waals surface area contributed by atoms with Crippen LogP contribution in [0.1, 0.15) is 70.4 Å². The van der Waals surface area contributed by atoms with Gasteiger partial charge in [0.15, 0.2) is 0 Å². The van der Waals surface area contributed by atoms with Gasteiger partial charge in [0.25, 0.3) is 5.91 Å². The van der Waals surface area contributed by atoms with E-state index in [-0.39, 0.29) is 17.6 Å². The number of hydrogen-bond acceptors (Lipinski definition) is 4. The summed E-state index contributed by atoms with van der Waals surface area (Å²) in [5.74, 6) is 0.476. The van der Waals surface area contributed by atoms with Gasteiger partial charge in [0.05, 0.1) is 16.9 Å². The van der Waals surface area contributed by atoms with Gasteiger partial charge in [0.1, 0.15) is 11.6 Å². The molecule has 1 N–H and O–H groups in total. The van der Waals surface area contributed by atoms with Crippen molar-refractivity contribution >= 4 is 5.91 Å². The molecule has 30 heavy (non-hydrogen) atoms. The summed E-state index contributed by atoms with van der Waals surface area (Å²) in [6.07, 6.45) is 6.59. The summed E-state index contributed by atoms with van der Waals surface area (Å²) in [7, 11) is 0. The highest BCUT2D eigenvalue weighted by molar-refractivity contribution is 5.95. The van der Waals surface area contributed by atoms with Gasteiger partial charge >= 0.3 is 0 Å². The van der Waals surface area contributed by atoms with Gasteiger partial charge < -0.3 is 5.32 Å². The fourth-order valence-corrected chi connectivity index (χ4v) is 4.36. The number of carbonyl (C=O) groups is 1. The summed E-state index contributed by atoms with van der Waals surface area (Å²) in [5.41, 5.74) is 4.32. The van der Waals surface area contributed by atoms with Gasteiger partial charge in [-0.3, -0.25) is 9.78 Å². The van der Waals surface area contributed by atoms with Crippen LogP contribution in [-0.4, -0.2) is 20.9 Å². The lowest BCUT2D eigenvalue weighted by atomic mass is 9.83. The van der Waals surface area contributed by atoms with Gasteiger partial charge in [0.2, 0.25) is 0 Å². The summed E-state index contributed by atoms with van der Waals surface area (Å²) in [4.78, 5) is 26.5. The molecule has 5 nitrogen and oxygen atoms in total. The summed E-state index contributed by atoms with van der Waals surface area (Å²) >= 11 is 0. The third-order valence-corrected chi connectivity index (χ3v) is 6.15. The van der Waals surface area contributed by atoms with E-state index < -0.39 is 5.54 Å². The largest absolute Gasteiger partial charge is 0.341 e. The van der Waals surface area contributed by atoms with E-state index in [1.165, 1.54) is 29.8 Å². The highest BCUT2D eigenvalue weighted by Gasteiger charge is 2.47. The molecule has 0 unspecified atom stereocenters. The van der Waals surface area contributed by atoms with E-state index in [1.54, 1.807) is 0 Å². The Morgan fingerprint density at radius 3 is 2.63 bits per heavy atom. The molecule has 0 bridgehead atoms. The van der Waals surface area contributed by atoms with E-state index in [2.05, 4.69) is 21.4 Å². The molecule has 0 radical (unpaired) electrons. The summed E-state index contributed by atoms with van der Waals surface area (Å²) in [6.45, 7) is 1.91. The van der Waals surface area contributed by atoms with Crippen LogP contribution in [0, 0.1) is 12.7 Å². The molecule has 152 valence electrons. The molecule has 3 aromatic rings. The Balaban J connectivity index is 1.41. The van der Waals surface area contributed by atoms with Gasteiger partial charge in [-0.15, -0.1) is 0 Å². The van der Waals surface area contributed by atoms with Gasteiger partial charge in [-0.1, -0.05) is 6.07 Å². The van der Waals surface area contributed by atoms with Crippen molar-refractivity contribution in [3.8, 4) is 0 Å². The quantitative estimate of drug-likeness (QED) is 0.710. The molecule has 0 spiro atoms. The minimum atomic E-state index is -0.418. The number of amides is 1. The second kappa shape index (κ2) is 7.27. The molecule has 1 aromatic carbocycles. The number of halogens is 1. The standard InChI is InChI=1S/C24H23FN4O/c1-15-26-14-11-21(27-15)18-3-2-4-20-19(18)9-10-22(28-20)24(12-13-24)29-23(30)16-5-7-17(25)8-6-16/h5-11,14,18H,2-4,12-13H2,1H3,(H,29,30)/t18-/m1/s1. The zero-order valence-corrected chi connectivity index (χ0v) is 16.9. The van der Waals surface area contributed by atoms with Crippen molar-refractivity contribution in [1.29, 1.82) is 0 Å². The van der Waals surface area contributed by atoms with Crippen molar-refractivity contribution in [3.05, 3.63) is 88.5 Å². The van der Waals surface area contributed by atoms with Crippen LogP contribution in [0.4, 0.5) is 4.39 Å². The third-order valence-electron chi connectivity index (χ3n) is 6.15. The highest BCUT2D eigenvalue weighted by Crippen LogP contribution is 2.46. The Morgan fingerprint density at radius 1 is 1.10 bits per heavy atom. The monoisotopic (exact) mass is 402 g/mol. The highest BCUT2D eigenvalue weighted by atomic mass is 19.1. The van der Waals surface area contributed by atoms with Crippen molar-refractivity contribution < 1.29 is 9.18 Å². The van der Waals surface area contributed by atoms with E-state index in [1.807, 2.05) is 25.3 Å². The molecule has 2 aromatic heterocycles. The SMILES string of the molecule is Cc1nccc([C@@H]2CCCc3nc(C4(NC(=O)c5ccc(F)cc5)CC4)ccc32)n1. The minimum absolute atomic E-state index is 0.193. The molecular formula is C24H23FN4O. The number of fused-ring (bicyclic) bond motifs is 1. The van der Waals surface area contributed by atoms with Crippen LogP contribution in [0.15, 0.2) is 48.7 Å². The Morgan fingerprint density at radius 2 is 1.90 bits per heavy atom. The lowest BCUT2D eigenvalue weighted by Crippen LogP contribution is -2.36. The number of benzene rings is 1. The number of aryl methyl sites for hydroxylation is 2. The first-order valence-corrected chi connectivity index (χ1v) is 10.4. The Labute approximate surface area is 174 Å². The molecular weight excluding hydrogens is 379 g/mol. The second-order valence-corrected chi connectivity index (χ2v) is 8.25. The average molecular weight is 402 g/mol. The van der Waals surface area contributed by atoms with Crippen LogP contribution in [0.5, 0.6) is 0 Å². The van der Waals surface area contributed by atoms with E-state index in [9.17, 15) is 9.18 Å². The fraction of sp³-hybridized carbons (Fsp3) is 0.333. The van der Waals surface area contributed by atoms with Crippen LogP contribution in [0.2, 0.25) is 0 Å². The molecule has 1 amide bonds. The normalized spacial score (nSPS) is 19.1.